The summed E-state index contributed by atoms with van der Waals surface area (Å²) in [5.74, 6) is 1.34. The van der Waals surface area contributed by atoms with Crippen molar-refractivity contribution in [1.82, 2.24) is 24.6 Å². The summed E-state index contributed by atoms with van der Waals surface area (Å²) in [6.07, 6.45) is 7.93. The number of carbonyl (C=O) groups is 1. The molecule has 138 valence electrons. The molecule has 1 fully saturated rings. The molecule has 7 heteroatoms. The van der Waals surface area contributed by atoms with Gasteiger partial charge in [0.1, 0.15) is 12.7 Å². The predicted molar refractivity (Wildman–Crippen MR) is 106 cm³/mol. The van der Waals surface area contributed by atoms with Crippen molar-refractivity contribution < 1.29 is 4.79 Å². The van der Waals surface area contributed by atoms with Crippen LogP contribution in [0.4, 0.5) is 0 Å². The van der Waals surface area contributed by atoms with Crippen LogP contribution >= 0.6 is 15.9 Å². The van der Waals surface area contributed by atoms with E-state index < -0.39 is 0 Å². The van der Waals surface area contributed by atoms with E-state index in [0.717, 1.165) is 36.8 Å². The molecule has 2 aromatic heterocycles. The normalized spacial score (nSPS) is 15.1. The summed E-state index contributed by atoms with van der Waals surface area (Å²) in [5.41, 5.74) is 1.97. The first-order chi connectivity index (χ1) is 13.2. The zero-order valence-corrected chi connectivity index (χ0v) is 16.4. The fourth-order valence-corrected chi connectivity index (χ4v) is 4.07. The van der Waals surface area contributed by atoms with Gasteiger partial charge in [-0.2, -0.15) is 0 Å². The van der Waals surface area contributed by atoms with Gasteiger partial charge in [-0.15, -0.1) is 10.2 Å². The van der Waals surface area contributed by atoms with Crippen LogP contribution in [0.2, 0.25) is 0 Å². The molecule has 0 radical (unpaired) electrons. The van der Waals surface area contributed by atoms with Gasteiger partial charge >= 0.3 is 0 Å². The van der Waals surface area contributed by atoms with Crippen molar-refractivity contribution in [2.45, 2.75) is 19.3 Å². The molecule has 27 heavy (non-hydrogen) atoms. The number of halogens is 1. The lowest BCUT2D eigenvalue weighted by atomic mass is 9.90. The lowest BCUT2D eigenvalue weighted by Gasteiger charge is -2.32. The predicted octanol–water partition coefficient (Wildman–Crippen LogP) is 3.52. The smallest absolute Gasteiger partial charge is 0.255 e. The molecular formula is C20H20BrN5O. The largest absolute Gasteiger partial charge is 0.339 e. The Kier molecular flexibility index (Phi) is 5.29. The molecule has 0 N–H and O–H groups in total. The third-order valence-electron chi connectivity index (χ3n) is 5.00. The number of likely N-dealkylation sites (tertiary alicyclic amines) is 1. The third kappa shape index (κ3) is 4.08. The maximum Gasteiger partial charge on any atom is 0.255 e. The van der Waals surface area contributed by atoms with Gasteiger partial charge in [0.15, 0.2) is 5.82 Å². The van der Waals surface area contributed by atoms with Crippen LogP contribution < -0.4 is 0 Å². The van der Waals surface area contributed by atoms with Gasteiger partial charge in [0.05, 0.1) is 10.0 Å². The summed E-state index contributed by atoms with van der Waals surface area (Å²) in [5, 5.41) is 7.57. The van der Waals surface area contributed by atoms with Crippen LogP contribution in [0.5, 0.6) is 0 Å². The first kappa shape index (κ1) is 17.9. The number of pyridine rings is 1. The molecule has 0 aliphatic carbocycles. The summed E-state index contributed by atoms with van der Waals surface area (Å²) in [6, 6.07) is 12.4. The van der Waals surface area contributed by atoms with Crippen molar-refractivity contribution >= 4 is 21.8 Å². The van der Waals surface area contributed by atoms with Crippen molar-refractivity contribution in [2.75, 3.05) is 13.1 Å². The van der Waals surface area contributed by atoms with E-state index in [0.29, 0.717) is 17.3 Å². The van der Waals surface area contributed by atoms with Crippen LogP contribution in [0.3, 0.4) is 0 Å². The molecule has 3 heterocycles. The molecule has 1 amide bonds. The Labute approximate surface area is 166 Å². The average molecular weight is 426 g/mol. The zero-order chi connectivity index (χ0) is 18.6. The molecule has 1 aliphatic rings. The highest BCUT2D eigenvalue weighted by Crippen LogP contribution is 2.24. The Morgan fingerprint density at radius 3 is 2.48 bits per heavy atom. The summed E-state index contributed by atoms with van der Waals surface area (Å²) in [6.45, 7) is 1.59. The number of nitrogens with zero attached hydrogens (tertiary/aromatic N) is 5. The first-order valence-corrected chi connectivity index (χ1v) is 9.84. The SMILES string of the molecule is O=C(c1cnc(-n2cnnc2)c(Br)c1)N1CCC(Cc2ccccc2)CC1. The second-order valence-electron chi connectivity index (χ2n) is 6.82. The fourth-order valence-electron chi connectivity index (χ4n) is 3.52. The number of aromatic nitrogens is 4. The minimum absolute atomic E-state index is 0.0386. The average Bonchev–Trinajstić information content (AvgIpc) is 3.23. The van der Waals surface area contributed by atoms with Gasteiger partial charge in [0.2, 0.25) is 0 Å². The zero-order valence-electron chi connectivity index (χ0n) is 14.8. The van der Waals surface area contributed by atoms with Gasteiger partial charge in [-0.25, -0.2) is 4.98 Å². The lowest BCUT2D eigenvalue weighted by molar-refractivity contribution is 0.0690. The van der Waals surface area contributed by atoms with Crippen LogP contribution in [-0.2, 0) is 6.42 Å². The van der Waals surface area contributed by atoms with Gasteiger partial charge in [-0.3, -0.25) is 9.36 Å². The van der Waals surface area contributed by atoms with Gasteiger partial charge in [-0.1, -0.05) is 30.3 Å². The highest BCUT2D eigenvalue weighted by molar-refractivity contribution is 9.10. The molecule has 3 aromatic rings. The van der Waals surface area contributed by atoms with E-state index in [-0.39, 0.29) is 5.91 Å². The molecule has 1 aromatic carbocycles. The van der Waals surface area contributed by atoms with Crippen LogP contribution in [0.15, 0.2) is 59.7 Å². The quantitative estimate of drug-likeness (QED) is 0.641. The number of hydrogen-bond donors (Lipinski definition) is 0. The molecule has 1 aliphatic heterocycles. The number of amides is 1. The standard InChI is InChI=1S/C20H20BrN5O/c21-18-11-17(12-22-19(18)26-13-23-24-14-26)20(27)25-8-6-16(7-9-25)10-15-4-2-1-3-5-15/h1-5,11-14,16H,6-10H2. The van der Waals surface area contributed by atoms with E-state index in [1.165, 1.54) is 5.56 Å². The molecule has 0 saturated carbocycles. The fraction of sp³-hybridized carbons (Fsp3) is 0.300. The maximum atomic E-state index is 12.8. The molecule has 0 bridgehead atoms. The number of piperidine rings is 1. The first-order valence-electron chi connectivity index (χ1n) is 9.04. The highest BCUT2D eigenvalue weighted by atomic mass is 79.9. The van der Waals surface area contributed by atoms with Crippen LogP contribution in [0, 0.1) is 5.92 Å². The van der Waals surface area contributed by atoms with Crippen molar-refractivity contribution in [1.29, 1.82) is 0 Å². The molecule has 4 rings (SSSR count). The van der Waals surface area contributed by atoms with E-state index >= 15 is 0 Å². The molecule has 6 nitrogen and oxygen atoms in total. The molecule has 0 spiro atoms. The minimum atomic E-state index is 0.0386. The Morgan fingerprint density at radius 1 is 1.11 bits per heavy atom. The number of hydrogen-bond acceptors (Lipinski definition) is 4. The maximum absolute atomic E-state index is 12.8. The van der Waals surface area contributed by atoms with Crippen LogP contribution in [0.25, 0.3) is 5.82 Å². The van der Waals surface area contributed by atoms with E-state index in [1.807, 2.05) is 17.0 Å². The van der Waals surface area contributed by atoms with Crippen molar-refractivity contribution in [3.63, 3.8) is 0 Å². The Balaban J connectivity index is 1.38. The molecule has 0 unspecified atom stereocenters. The summed E-state index contributed by atoms with van der Waals surface area (Å²) in [7, 11) is 0. The van der Waals surface area contributed by atoms with Crippen molar-refractivity contribution in [3.05, 3.63) is 70.8 Å². The number of carbonyl (C=O) groups excluding carboxylic acids is 1. The minimum Gasteiger partial charge on any atom is -0.339 e. The van der Waals surface area contributed by atoms with Gasteiger partial charge < -0.3 is 4.90 Å². The molecule has 1 saturated heterocycles. The van der Waals surface area contributed by atoms with Gasteiger partial charge in [0, 0.05) is 19.3 Å². The van der Waals surface area contributed by atoms with E-state index in [4.69, 9.17) is 0 Å². The van der Waals surface area contributed by atoms with Crippen LogP contribution in [0.1, 0.15) is 28.8 Å². The third-order valence-corrected chi connectivity index (χ3v) is 5.58. The molecular weight excluding hydrogens is 406 g/mol. The van der Waals surface area contributed by atoms with Gasteiger partial charge in [-0.05, 0) is 52.7 Å². The van der Waals surface area contributed by atoms with E-state index in [1.54, 1.807) is 23.4 Å². The molecule has 0 atom stereocenters. The number of rotatable bonds is 4. The summed E-state index contributed by atoms with van der Waals surface area (Å²) in [4.78, 5) is 19.2. The lowest BCUT2D eigenvalue weighted by Crippen LogP contribution is -2.39. The summed E-state index contributed by atoms with van der Waals surface area (Å²) < 4.78 is 2.44. The Morgan fingerprint density at radius 2 is 1.81 bits per heavy atom. The van der Waals surface area contributed by atoms with Crippen molar-refractivity contribution in [2.24, 2.45) is 5.92 Å². The van der Waals surface area contributed by atoms with Gasteiger partial charge in [0.25, 0.3) is 5.91 Å². The number of benzene rings is 1. The Hall–Kier alpha value is -2.54. The van der Waals surface area contributed by atoms with E-state index in [2.05, 4.69) is 55.4 Å². The monoisotopic (exact) mass is 425 g/mol. The second kappa shape index (κ2) is 8.00. The topological polar surface area (TPSA) is 63.9 Å². The van der Waals surface area contributed by atoms with Crippen molar-refractivity contribution in [3.8, 4) is 5.82 Å². The summed E-state index contributed by atoms with van der Waals surface area (Å²) >= 11 is 3.50. The highest BCUT2D eigenvalue weighted by Gasteiger charge is 2.24. The van der Waals surface area contributed by atoms with E-state index in [9.17, 15) is 4.79 Å². The second-order valence-corrected chi connectivity index (χ2v) is 7.68. The van der Waals surface area contributed by atoms with Crippen LogP contribution in [-0.4, -0.2) is 43.6 Å². The Bertz CT molecular complexity index is 905.